The van der Waals surface area contributed by atoms with E-state index in [0.717, 1.165) is 34.8 Å². The van der Waals surface area contributed by atoms with E-state index >= 15 is 0 Å². The Kier molecular flexibility index (Phi) is 3.27. The minimum absolute atomic E-state index is 0.0701. The molecule has 0 bridgehead atoms. The summed E-state index contributed by atoms with van der Waals surface area (Å²) in [6, 6.07) is 12.0. The number of benzene rings is 1. The van der Waals surface area contributed by atoms with Crippen molar-refractivity contribution < 1.29 is 4.79 Å². The summed E-state index contributed by atoms with van der Waals surface area (Å²) >= 11 is 1.63. The topological polar surface area (TPSA) is 49.0 Å². The van der Waals surface area contributed by atoms with Gasteiger partial charge >= 0.3 is 0 Å². The predicted octanol–water partition coefficient (Wildman–Crippen LogP) is 3.26. The van der Waals surface area contributed by atoms with E-state index in [1.807, 2.05) is 52.8 Å². The molecule has 0 radical (unpaired) electrons. The Labute approximate surface area is 132 Å². The van der Waals surface area contributed by atoms with Crippen LogP contribution < -0.4 is 0 Å². The lowest BCUT2D eigenvalue weighted by atomic mass is 9.99. The number of amides is 1. The van der Waals surface area contributed by atoms with Crippen LogP contribution in [0.1, 0.15) is 16.6 Å². The summed E-state index contributed by atoms with van der Waals surface area (Å²) in [5, 5.41) is 2.01. The van der Waals surface area contributed by atoms with E-state index in [-0.39, 0.29) is 5.91 Å². The highest BCUT2D eigenvalue weighted by Gasteiger charge is 2.32. The number of imidazole rings is 1. The molecule has 1 amide bonds. The summed E-state index contributed by atoms with van der Waals surface area (Å²) in [5.41, 5.74) is 2.04. The molecule has 1 aliphatic rings. The van der Waals surface area contributed by atoms with Crippen molar-refractivity contribution in [2.45, 2.75) is 5.92 Å². The van der Waals surface area contributed by atoms with Gasteiger partial charge in [-0.05, 0) is 29.7 Å². The monoisotopic (exact) mass is 309 g/mol. The number of thiophene rings is 1. The van der Waals surface area contributed by atoms with Crippen molar-refractivity contribution in [3.63, 3.8) is 0 Å². The number of hydrogen-bond acceptors (Lipinski definition) is 3. The Morgan fingerprint density at radius 1 is 1.27 bits per heavy atom. The maximum Gasteiger partial charge on any atom is 0.246 e. The van der Waals surface area contributed by atoms with Crippen molar-refractivity contribution >= 4 is 34.4 Å². The fourth-order valence-electron chi connectivity index (χ4n) is 2.64. The Balaban J connectivity index is 1.40. The standard InChI is InChI=1S/C17H15N3OS/c21-16(8-7-13-4-3-9-22-13)20-10-12(11-20)17-18-14-5-1-2-6-15(14)19-17/h1-9,12H,10-11H2,(H,18,19). The smallest absolute Gasteiger partial charge is 0.246 e. The molecule has 1 aliphatic heterocycles. The summed E-state index contributed by atoms with van der Waals surface area (Å²) in [5.74, 6) is 1.36. The van der Waals surface area contributed by atoms with Crippen molar-refractivity contribution in [3.8, 4) is 0 Å². The Morgan fingerprint density at radius 2 is 2.14 bits per heavy atom. The second-order valence-corrected chi connectivity index (χ2v) is 6.41. The molecule has 2 aromatic heterocycles. The molecule has 3 heterocycles. The fraction of sp³-hybridized carbons (Fsp3) is 0.176. The van der Waals surface area contributed by atoms with Crippen LogP contribution in [0.25, 0.3) is 17.1 Å². The Hall–Kier alpha value is -2.40. The van der Waals surface area contributed by atoms with Crippen molar-refractivity contribution in [1.29, 1.82) is 0 Å². The number of nitrogens with one attached hydrogen (secondary N) is 1. The summed E-state index contributed by atoms with van der Waals surface area (Å²) in [6.07, 6.45) is 3.53. The highest BCUT2D eigenvalue weighted by molar-refractivity contribution is 7.10. The molecule has 1 fully saturated rings. The first-order valence-corrected chi connectivity index (χ1v) is 8.13. The van der Waals surface area contributed by atoms with Crippen LogP contribution in [0, 0.1) is 0 Å². The Bertz CT molecular complexity index is 796. The molecule has 1 aromatic carbocycles. The zero-order valence-electron chi connectivity index (χ0n) is 11.9. The molecule has 4 rings (SSSR count). The number of hydrogen-bond donors (Lipinski definition) is 1. The molecule has 0 saturated carbocycles. The summed E-state index contributed by atoms with van der Waals surface area (Å²) in [4.78, 5) is 23.0. The lowest BCUT2D eigenvalue weighted by Gasteiger charge is -2.37. The van der Waals surface area contributed by atoms with Gasteiger partial charge in [0, 0.05) is 24.0 Å². The lowest BCUT2D eigenvalue weighted by molar-refractivity contribution is -0.130. The molecule has 0 unspecified atom stereocenters. The number of aromatic amines is 1. The Morgan fingerprint density at radius 3 is 2.91 bits per heavy atom. The van der Waals surface area contributed by atoms with Gasteiger partial charge in [0.1, 0.15) is 5.82 Å². The van der Waals surface area contributed by atoms with Gasteiger partial charge in [-0.25, -0.2) is 4.98 Å². The van der Waals surface area contributed by atoms with Gasteiger partial charge in [0.05, 0.1) is 17.0 Å². The number of H-pyrrole nitrogens is 1. The first-order valence-electron chi connectivity index (χ1n) is 7.25. The highest BCUT2D eigenvalue weighted by Crippen LogP contribution is 2.27. The van der Waals surface area contributed by atoms with E-state index in [0.29, 0.717) is 5.92 Å². The molecule has 3 aromatic rings. The number of fused-ring (bicyclic) bond motifs is 1. The van der Waals surface area contributed by atoms with Crippen molar-refractivity contribution in [2.75, 3.05) is 13.1 Å². The first kappa shape index (κ1) is 13.3. The van der Waals surface area contributed by atoms with Gasteiger partial charge in [0.2, 0.25) is 5.91 Å². The molecule has 1 N–H and O–H groups in total. The molecule has 110 valence electrons. The number of nitrogens with zero attached hydrogens (tertiary/aromatic N) is 2. The fourth-order valence-corrected chi connectivity index (χ4v) is 3.26. The van der Waals surface area contributed by atoms with Crippen LogP contribution in [0.4, 0.5) is 0 Å². The average Bonchev–Trinajstić information content (AvgIpc) is 3.12. The quantitative estimate of drug-likeness (QED) is 0.755. The van der Waals surface area contributed by atoms with Crippen LogP contribution >= 0.6 is 11.3 Å². The molecule has 0 aliphatic carbocycles. The zero-order chi connectivity index (χ0) is 14.9. The number of carbonyl (C=O) groups excluding carboxylic acids is 1. The molecule has 0 spiro atoms. The third-order valence-corrected chi connectivity index (χ3v) is 4.76. The maximum absolute atomic E-state index is 12.1. The van der Waals surface area contributed by atoms with Crippen LogP contribution in [0.5, 0.6) is 0 Å². The van der Waals surface area contributed by atoms with E-state index in [1.54, 1.807) is 17.4 Å². The number of likely N-dealkylation sites (tertiary alicyclic amines) is 1. The van der Waals surface area contributed by atoms with Crippen LogP contribution in [-0.2, 0) is 4.79 Å². The van der Waals surface area contributed by atoms with Gasteiger partial charge in [-0.15, -0.1) is 11.3 Å². The minimum Gasteiger partial charge on any atom is -0.342 e. The van der Waals surface area contributed by atoms with Crippen LogP contribution in [0.3, 0.4) is 0 Å². The molecule has 22 heavy (non-hydrogen) atoms. The molecular formula is C17H15N3OS. The largest absolute Gasteiger partial charge is 0.342 e. The van der Waals surface area contributed by atoms with Gasteiger partial charge in [-0.2, -0.15) is 0 Å². The average molecular weight is 309 g/mol. The molecule has 4 nitrogen and oxygen atoms in total. The van der Waals surface area contributed by atoms with E-state index < -0.39 is 0 Å². The van der Waals surface area contributed by atoms with Gasteiger partial charge in [0.15, 0.2) is 0 Å². The van der Waals surface area contributed by atoms with Gasteiger partial charge < -0.3 is 9.88 Å². The summed E-state index contributed by atoms with van der Waals surface area (Å²) < 4.78 is 0. The first-order chi connectivity index (χ1) is 10.8. The molecular weight excluding hydrogens is 294 g/mol. The molecule has 1 saturated heterocycles. The van der Waals surface area contributed by atoms with Gasteiger partial charge in [-0.3, -0.25) is 4.79 Å². The maximum atomic E-state index is 12.1. The van der Waals surface area contributed by atoms with E-state index in [1.165, 1.54) is 0 Å². The second kappa shape index (κ2) is 5.42. The van der Waals surface area contributed by atoms with Crippen LogP contribution in [-0.4, -0.2) is 33.9 Å². The van der Waals surface area contributed by atoms with Gasteiger partial charge in [0.25, 0.3) is 0 Å². The predicted molar refractivity (Wildman–Crippen MR) is 88.8 cm³/mol. The normalized spacial score (nSPS) is 15.5. The van der Waals surface area contributed by atoms with E-state index in [2.05, 4.69) is 9.97 Å². The zero-order valence-corrected chi connectivity index (χ0v) is 12.7. The van der Waals surface area contributed by atoms with Crippen molar-refractivity contribution in [1.82, 2.24) is 14.9 Å². The van der Waals surface area contributed by atoms with Crippen molar-refractivity contribution in [3.05, 3.63) is 58.6 Å². The highest BCUT2D eigenvalue weighted by atomic mass is 32.1. The summed E-state index contributed by atoms with van der Waals surface area (Å²) in [6.45, 7) is 1.46. The van der Waals surface area contributed by atoms with E-state index in [9.17, 15) is 4.79 Å². The van der Waals surface area contributed by atoms with Crippen LogP contribution in [0.15, 0.2) is 47.9 Å². The number of carbonyl (C=O) groups is 1. The van der Waals surface area contributed by atoms with Gasteiger partial charge in [-0.1, -0.05) is 18.2 Å². The lowest BCUT2D eigenvalue weighted by Crippen LogP contribution is -2.48. The van der Waals surface area contributed by atoms with Crippen molar-refractivity contribution in [2.24, 2.45) is 0 Å². The van der Waals surface area contributed by atoms with Crippen LogP contribution in [0.2, 0.25) is 0 Å². The summed E-state index contributed by atoms with van der Waals surface area (Å²) in [7, 11) is 0. The number of para-hydroxylation sites is 2. The molecule has 0 atom stereocenters. The third kappa shape index (κ3) is 2.44. The SMILES string of the molecule is O=C(C=Cc1cccs1)N1CC(c2nc3ccccc3[nH]2)C1. The van der Waals surface area contributed by atoms with E-state index in [4.69, 9.17) is 0 Å². The molecule has 5 heteroatoms. The second-order valence-electron chi connectivity index (χ2n) is 5.43. The number of rotatable bonds is 3. The third-order valence-electron chi connectivity index (χ3n) is 3.92. The minimum atomic E-state index is 0.0701. The number of aromatic nitrogens is 2.